The average molecular weight is 518 g/mol. The summed E-state index contributed by atoms with van der Waals surface area (Å²) in [4.78, 5) is 23.9. The fraction of sp³-hybridized carbons (Fsp3) is 0.333. The maximum atomic E-state index is 13.2. The molecule has 0 atom stereocenters. The molecule has 0 saturated heterocycles. The van der Waals surface area contributed by atoms with Crippen LogP contribution in [0.4, 0.5) is 20.9 Å². The van der Waals surface area contributed by atoms with Crippen LogP contribution in [0, 0.1) is 6.92 Å². The van der Waals surface area contributed by atoms with Crippen molar-refractivity contribution in [1.29, 1.82) is 0 Å². The Balaban J connectivity index is 2.15. The van der Waals surface area contributed by atoms with E-state index >= 15 is 0 Å². The molecule has 0 unspecified atom stereocenters. The Kier molecular flexibility index (Phi) is 9.33. The summed E-state index contributed by atoms with van der Waals surface area (Å²) in [6, 6.07) is 7.39. The maximum absolute atomic E-state index is 13.2. The summed E-state index contributed by atoms with van der Waals surface area (Å²) in [5, 5.41) is 7.64. The second kappa shape index (κ2) is 11.5. The minimum atomic E-state index is -5.02. The first-order valence-corrected chi connectivity index (χ1v) is 11.9. The van der Waals surface area contributed by atoms with E-state index in [-0.39, 0.29) is 34.5 Å². The fourth-order valence-electron chi connectivity index (χ4n) is 2.79. The zero-order chi connectivity index (χ0) is 24.8. The second-order valence-corrected chi connectivity index (χ2v) is 9.16. The van der Waals surface area contributed by atoms with Crippen molar-refractivity contribution < 1.29 is 26.6 Å². The quantitative estimate of drug-likeness (QED) is 0.226. The lowest BCUT2D eigenvalue weighted by atomic mass is 10.1. The van der Waals surface area contributed by atoms with E-state index in [4.69, 9.17) is 27.9 Å². The lowest BCUT2D eigenvalue weighted by molar-refractivity contribution is -0.147. The van der Waals surface area contributed by atoms with Crippen LogP contribution in [0.2, 0.25) is 10.0 Å². The van der Waals surface area contributed by atoms with Gasteiger partial charge in [-0.05, 0) is 56.7 Å². The average Bonchev–Trinajstić information content (AvgIpc) is 2.73. The molecule has 0 aliphatic carbocycles. The summed E-state index contributed by atoms with van der Waals surface area (Å²) in [5.41, 5.74) is 2.23. The summed E-state index contributed by atoms with van der Waals surface area (Å²) in [7, 11) is -5.02. The summed E-state index contributed by atoms with van der Waals surface area (Å²) in [6.45, 7) is 5.92. The fourth-order valence-corrected chi connectivity index (χ4v) is 4.04. The predicted octanol–water partition coefficient (Wildman–Crippen LogP) is 5.72. The first-order valence-electron chi connectivity index (χ1n) is 9.78. The van der Waals surface area contributed by atoms with Gasteiger partial charge in [-0.15, -0.1) is 9.00 Å². The number of ether oxygens (including phenoxy) is 1. The highest BCUT2D eigenvalue weighted by molar-refractivity contribution is 7.86. The van der Waals surface area contributed by atoms with Crippen molar-refractivity contribution in [3.8, 4) is 0 Å². The van der Waals surface area contributed by atoms with Crippen LogP contribution in [0.25, 0.3) is 0 Å². The zero-order valence-corrected chi connectivity index (χ0v) is 20.5. The van der Waals surface area contributed by atoms with Crippen LogP contribution < -0.4 is 4.90 Å². The molecule has 8 nitrogen and oxygen atoms in total. The molecule has 0 aliphatic rings. The van der Waals surface area contributed by atoms with Gasteiger partial charge in [0.05, 0.1) is 22.2 Å². The highest BCUT2D eigenvalue weighted by Crippen LogP contribution is 2.36. The predicted molar refractivity (Wildman–Crippen MR) is 124 cm³/mol. The Labute approximate surface area is 201 Å². The third-order valence-corrected chi connectivity index (χ3v) is 6.07. The molecule has 0 radical (unpaired) electrons. The Morgan fingerprint density at radius 2 is 1.76 bits per heavy atom. The van der Waals surface area contributed by atoms with Crippen molar-refractivity contribution in [2.24, 2.45) is 10.2 Å². The molecule has 0 heterocycles. The highest BCUT2D eigenvalue weighted by atomic mass is 35.5. The molecule has 12 heteroatoms. The molecule has 178 valence electrons. The van der Waals surface area contributed by atoms with Crippen molar-refractivity contribution >= 4 is 62.2 Å². The number of rotatable bonds is 10. The van der Waals surface area contributed by atoms with Gasteiger partial charge in [-0.2, -0.15) is 13.5 Å². The van der Waals surface area contributed by atoms with E-state index in [0.717, 1.165) is 23.4 Å². The van der Waals surface area contributed by atoms with Gasteiger partial charge in [0.15, 0.2) is 5.78 Å². The number of nitrogens with zero attached hydrogens (tertiary/aromatic N) is 3. The van der Waals surface area contributed by atoms with Gasteiger partial charge in [-0.25, -0.2) is 0 Å². The number of anilines is 1. The van der Waals surface area contributed by atoms with Gasteiger partial charge in [-0.1, -0.05) is 23.2 Å². The molecular formula is C21H22Cl2FN3O5S. The van der Waals surface area contributed by atoms with Gasteiger partial charge in [0.2, 0.25) is 0 Å². The standard InChI is InChI=1S/C21H22Cl2FN3O5S/c1-4-27(8-7-21(29)32-12-14(3)28)15-5-6-18(13(2)9-15)25-26-19-10-17(23)20(11-16(19)22)33(24,30)31/h5-6,9-11H,4,7-8,12H2,1-3H3. The zero-order valence-electron chi connectivity index (χ0n) is 18.1. The van der Waals surface area contributed by atoms with Crippen LogP contribution in [0.15, 0.2) is 45.5 Å². The summed E-state index contributed by atoms with van der Waals surface area (Å²) < 4.78 is 40.3. The number of hydrogen-bond acceptors (Lipinski definition) is 8. The van der Waals surface area contributed by atoms with Crippen molar-refractivity contribution in [2.75, 3.05) is 24.6 Å². The van der Waals surface area contributed by atoms with Gasteiger partial charge in [0, 0.05) is 18.8 Å². The molecule has 0 aliphatic heterocycles. The Morgan fingerprint density at radius 1 is 1.09 bits per heavy atom. The number of carbonyl (C=O) groups excluding carboxylic acids is 2. The third kappa shape index (κ3) is 7.76. The SMILES string of the molecule is CCN(CCC(=O)OCC(C)=O)c1ccc(N=Nc2cc(Cl)c(S(=O)(=O)F)cc2Cl)c(C)c1. The molecule has 0 saturated carbocycles. The normalized spacial score (nSPS) is 11.6. The summed E-state index contributed by atoms with van der Waals surface area (Å²) in [6.07, 6.45) is 0.130. The molecule has 0 fully saturated rings. The Bertz CT molecular complexity index is 1190. The summed E-state index contributed by atoms with van der Waals surface area (Å²) in [5.74, 6) is -0.670. The van der Waals surface area contributed by atoms with Crippen molar-refractivity contribution in [3.05, 3.63) is 45.9 Å². The molecular weight excluding hydrogens is 496 g/mol. The highest BCUT2D eigenvalue weighted by Gasteiger charge is 2.19. The smallest absolute Gasteiger partial charge is 0.333 e. The van der Waals surface area contributed by atoms with E-state index in [1.165, 1.54) is 6.92 Å². The van der Waals surface area contributed by atoms with Crippen molar-refractivity contribution in [2.45, 2.75) is 32.1 Å². The van der Waals surface area contributed by atoms with Gasteiger partial charge in [0.25, 0.3) is 0 Å². The number of aryl methyl sites for hydroxylation is 1. The summed E-state index contributed by atoms with van der Waals surface area (Å²) >= 11 is 11.8. The molecule has 0 spiro atoms. The van der Waals surface area contributed by atoms with Crippen LogP contribution in [0.3, 0.4) is 0 Å². The largest absolute Gasteiger partial charge is 0.458 e. The van der Waals surface area contributed by atoms with Crippen molar-refractivity contribution in [1.82, 2.24) is 0 Å². The van der Waals surface area contributed by atoms with Crippen LogP contribution in [-0.4, -0.2) is 39.9 Å². The van der Waals surface area contributed by atoms with Gasteiger partial charge >= 0.3 is 16.2 Å². The number of azo groups is 1. The van der Waals surface area contributed by atoms with E-state index in [1.807, 2.05) is 24.8 Å². The van der Waals surface area contributed by atoms with Crippen molar-refractivity contribution in [3.63, 3.8) is 0 Å². The molecule has 0 N–H and O–H groups in total. The molecule has 0 bridgehead atoms. The molecule has 2 rings (SSSR count). The van der Waals surface area contributed by atoms with E-state index in [2.05, 4.69) is 10.2 Å². The first-order chi connectivity index (χ1) is 15.4. The van der Waals surface area contributed by atoms with Gasteiger partial charge in [0.1, 0.15) is 17.2 Å². The molecule has 2 aromatic carbocycles. The number of hydrogen-bond donors (Lipinski definition) is 0. The molecule has 33 heavy (non-hydrogen) atoms. The number of halogens is 3. The third-order valence-electron chi connectivity index (χ3n) is 4.48. The van der Waals surface area contributed by atoms with Crippen LogP contribution in [0.5, 0.6) is 0 Å². The minimum Gasteiger partial charge on any atom is -0.458 e. The van der Waals surface area contributed by atoms with Crippen LogP contribution >= 0.6 is 23.2 Å². The van der Waals surface area contributed by atoms with Crippen LogP contribution in [0.1, 0.15) is 25.8 Å². The molecule has 0 aromatic heterocycles. The van der Waals surface area contributed by atoms with E-state index in [1.54, 1.807) is 12.1 Å². The number of carbonyl (C=O) groups is 2. The van der Waals surface area contributed by atoms with E-state index in [0.29, 0.717) is 18.8 Å². The molecule has 0 amide bonds. The number of esters is 1. The van der Waals surface area contributed by atoms with Crippen LogP contribution in [-0.2, 0) is 24.5 Å². The topological polar surface area (TPSA) is 105 Å². The number of Topliss-reactive ketones (excluding diaryl/α,β-unsaturated/α-hetero) is 1. The lowest BCUT2D eigenvalue weighted by Crippen LogP contribution is -2.26. The maximum Gasteiger partial charge on any atom is 0.333 e. The number of ketones is 1. The number of benzene rings is 2. The van der Waals surface area contributed by atoms with Gasteiger partial charge in [-0.3, -0.25) is 9.59 Å². The van der Waals surface area contributed by atoms with E-state index in [9.17, 15) is 21.9 Å². The van der Waals surface area contributed by atoms with E-state index < -0.39 is 21.1 Å². The second-order valence-electron chi connectivity index (χ2n) is 7.04. The molecule has 2 aromatic rings. The monoisotopic (exact) mass is 517 g/mol. The first kappa shape index (κ1) is 26.7. The minimum absolute atomic E-state index is 0.0804. The lowest BCUT2D eigenvalue weighted by Gasteiger charge is -2.23. The van der Waals surface area contributed by atoms with Gasteiger partial charge < -0.3 is 9.64 Å². The Morgan fingerprint density at radius 3 is 2.33 bits per heavy atom. The Hall–Kier alpha value is -2.56.